The fourth-order valence-corrected chi connectivity index (χ4v) is 3.92. The molecule has 0 aromatic heterocycles. The van der Waals surface area contributed by atoms with E-state index in [1.807, 2.05) is 6.07 Å². The van der Waals surface area contributed by atoms with E-state index in [0.29, 0.717) is 18.0 Å². The Labute approximate surface area is 180 Å². The molecule has 0 atom stereocenters. The summed E-state index contributed by atoms with van der Waals surface area (Å²) >= 11 is 5.76. The van der Waals surface area contributed by atoms with Gasteiger partial charge in [0.2, 0.25) is 15.9 Å². The van der Waals surface area contributed by atoms with Crippen molar-refractivity contribution in [1.29, 1.82) is 0 Å². The number of amides is 1. The van der Waals surface area contributed by atoms with E-state index in [4.69, 9.17) is 21.1 Å². The average molecular weight is 459 g/mol. The van der Waals surface area contributed by atoms with Gasteiger partial charge in [0.25, 0.3) is 0 Å². The zero-order valence-corrected chi connectivity index (χ0v) is 18.5. The van der Waals surface area contributed by atoms with Crippen LogP contribution in [0.4, 0.5) is 10.1 Å². The van der Waals surface area contributed by atoms with Crippen molar-refractivity contribution in [2.24, 2.45) is 0 Å². The first kappa shape index (κ1) is 23.8. The molecular formula is C20H24ClFN2O5S. The summed E-state index contributed by atoms with van der Waals surface area (Å²) < 4.78 is 49.1. The van der Waals surface area contributed by atoms with Crippen LogP contribution in [-0.4, -0.2) is 41.3 Å². The Hall–Kier alpha value is -2.52. The van der Waals surface area contributed by atoms with Crippen LogP contribution in [0, 0.1) is 5.82 Å². The summed E-state index contributed by atoms with van der Waals surface area (Å²) in [5.74, 6) is 0.291. The van der Waals surface area contributed by atoms with Gasteiger partial charge in [-0.05, 0) is 42.3 Å². The maximum atomic E-state index is 13.4. The van der Waals surface area contributed by atoms with Gasteiger partial charge >= 0.3 is 0 Å². The third-order valence-electron chi connectivity index (χ3n) is 4.29. The monoisotopic (exact) mass is 458 g/mol. The lowest BCUT2D eigenvalue weighted by atomic mass is 10.2. The Morgan fingerprint density at radius 1 is 1.13 bits per heavy atom. The summed E-state index contributed by atoms with van der Waals surface area (Å²) in [5.41, 5.74) is 1.08. The number of nitrogens with one attached hydrogen (secondary N) is 1. The number of ether oxygens (including phenoxy) is 2. The SMILES string of the molecule is COc1ccc(CNC(=O)CCCN(c2ccc(F)c(Cl)c2)S(C)(=O)=O)cc1OC. The molecular weight excluding hydrogens is 435 g/mol. The molecule has 7 nitrogen and oxygen atoms in total. The number of carbonyl (C=O) groups is 1. The first-order valence-electron chi connectivity index (χ1n) is 9.06. The number of carbonyl (C=O) groups excluding carboxylic acids is 1. The first-order chi connectivity index (χ1) is 14.2. The van der Waals surface area contributed by atoms with Crippen molar-refractivity contribution >= 4 is 33.2 Å². The smallest absolute Gasteiger partial charge is 0.232 e. The Kier molecular flexibility index (Phi) is 8.31. The summed E-state index contributed by atoms with van der Waals surface area (Å²) in [6, 6.07) is 9.01. The van der Waals surface area contributed by atoms with Crippen molar-refractivity contribution in [2.75, 3.05) is 31.3 Å². The molecule has 1 amide bonds. The van der Waals surface area contributed by atoms with Crippen molar-refractivity contribution in [3.05, 3.63) is 52.8 Å². The molecule has 2 aromatic rings. The predicted molar refractivity (Wildman–Crippen MR) is 114 cm³/mol. The number of sulfonamides is 1. The predicted octanol–water partition coefficient (Wildman–Crippen LogP) is 3.36. The Morgan fingerprint density at radius 3 is 2.43 bits per heavy atom. The van der Waals surface area contributed by atoms with Crippen molar-refractivity contribution in [3.63, 3.8) is 0 Å². The van der Waals surface area contributed by atoms with Crippen molar-refractivity contribution < 1.29 is 27.1 Å². The molecule has 10 heteroatoms. The summed E-state index contributed by atoms with van der Waals surface area (Å²) in [7, 11) is -0.550. The van der Waals surface area contributed by atoms with Gasteiger partial charge in [0.1, 0.15) is 5.82 Å². The molecule has 2 rings (SSSR count). The molecule has 0 saturated heterocycles. The molecule has 0 aliphatic heterocycles. The molecule has 0 fully saturated rings. The largest absolute Gasteiger partial charge is 0.493 e. The molecule has 0 heterocycles. The van der Waals surface area contributed by atoms with Crippen molar-refractivity contribution in [2.45, 2.75) is 19.4 Å². The normalized spacial score (nSPS) is 11.1. The van der Waals surface area contributed by atoms with Crippen LogP contribution in [0.5, 0.6) is 11.5 Å². The van der Waals surface area contributed by atoms with Gasteiger partial charge in [-0.15, -0.1) is 0 Å². The van der Waals surface area contributed by atoms with Crippen molar-refractivity contribution in [1.82, 2.24) is 5.32 Å². The summed E-state index contributed by atoms with van der Waals surface area (Å²) in [5, 5.41) is 2.61. The van der Waals surface area contributed by atoms with Gasteiger partial charge in [-0.3, -0.25) is 9.10 Å². The van der Waals surface area contributed by atoms with Gasteiger partial charge < -0.3 is 14.8 Å². The number of methoxy groups -OCH3 is 2. The third kappa shape index (κ3) is 6.50. The number of anilines is 1. The Morgan fingerprint density at radius 2 is 1.83 bits per heavy atom. The first-order valence-corrected chi connectivity index (χ1v) is 11.3. The number of nitrogens with zero attached hydrogens (tertiary/aromatic N) is 1. The van der Waals surface area contributed by atoms with Gasteiger partial charge in [-0.1, -0.05) is 17.7 Å². The van der Waals surface area contributed by atoms with E-state index >= 15 is 0 Å². The highest BCUT2D eigenvalue weighted by atomic mass is 35.5. The van der Waals surface area contributed by atoms with E-state index in [0.717, 1.165) is 22.2 Å². The van der Waals surface area contributed by atoms with Gasteiger partial charge in [0, 0.05) is 19.5 Å². The maximum Gasteiger partial charge on any atom is 0.232 e. The summed E-state index contributed by atoms with van der Waals surface area (Å²) in [6.45, 7) is 0.354. The molecule has 0 unspecified atom stereocenters. The Balaban J connectivity index is 1.92. The van der Waals surface area contributed by atoms with Crippen LogP contribution in [-0.2, 0) is 21.4 Å². The van der Waals surface area contributed by atoms with Crippen LogP contribution >= 0.6 is 11.6 Å². The lowest BCUT2D eigenvalue weighted by Gasteiger charge is -2.22. The number of hydrogen-bond donors (Lipinski definition) is 1. The number of hydrogen-bond acceptors (Lipinski definition) is 5. The minimum atomic E-state index is -3.62. The second kappa shape index (κ2) is 10.5. The zero-order valence-electron chi connectivity index (χ0n) is 16.9. The summed E-state index contributed by atoms with van der Waals surface area (Å²) in [6.07, 6.45) is 1.44. The lowest BCUT2D eigenvalue weighted by molar-refractivity contribution is -0.121. The van der Waals surface area contributed by atoms with Crippen LogP contribution in [0.2, 0.25) is 5.02 Å². The fourth-order valence-electron chi connectivity index (χ4n) is 2.79. The van der Waals surface area contributed by atoms with Gasteiger partial charge in [-0.2, -0.15) is 0 Å². The highest BCUT2D eigenvalue weighted by Gasteiger charge is 2.19. The second-order valence-corrected chi connectivity index (χ2v) is 8.82. The topological polar surface area (TPSA) is 84.9 Å². The van der Waals surface area contributed by atoms with E-state index < -0.39 is 15.8 Å². The fraction of sp³-hybridized carbons (Fsp3) is 0.350. The highest BCUT2D eigenvalue weighted by molar-refractivity contribution is 7.92. The molecule has 30 heavy (non-hydrogen) atoms. The van der Waals surface area contributed by atoms with E-state index in [1.165, 1.54) is 19.2 Å². The molecule has 2 aromatic carbocycles. The van der Waals surface area contributed by atoms with Crippen LogP contribution in [0.1, 0.15) is 18.4 Å². The lowest BCUT2D eigenvalue weighted by Crippen LogP contribution is -2.32. The van der Waals surface area contributed by atoms with Crippen molar-refractivity contribution in [3.8, 4) is 11.5 Å². The van der Waals surface area contributed by atoms with Gasteiger partial charge in [0.05, 0.1) is 31.2 Å². The average Bonchev–Trinajstić information content (AvgIpc) is 2.70. The van der Waals surface area contributed by atoms with Gasteiger partial charge in [-0.25, -0.2) is 12.8 Å². The van der Waals surface area contributed by atoms with Crippen LogP contribution in [0.15, 0.2) is 36.4 Å². The van der Waals surface area contributed by atoms with Crippen LogP contribution < -0.4 is 19.1 Å². The molecule has 0 spiro atoms. The third-order valence-corrected chi connectivity index (χ3v) is 5.78. The van der Waals surface area contributed by atoms with E-state index in [2.05, 4.69) is 5.32 Å². The summed E-state index contributed by atoms with van der Waals surface area (Å²) in [4.78, 5) is 12.2. The van der Waals surface area contributed by atoms with Crippen LogP contribution in [0.3, 0.4) is 0 Å². The molecule has 0 radical (unpaired) electrons. The molecule has 164 valence electrons. The minimum Gasteiger partial charge on any atom is -0.493 e. The van der Waals surface area contributed by atoms with E-state index in [-0.39, 0.29) is 36.0 Å². The minimum absolute atomic E-state index is 0.0601. The number of benzene rings is 2. The molecule has 0 aliphatic rings. The second-order valence-electron chi connectivity index (χ2n) is 6.50. The quantitative estimate of drug-likeness (QED) is 0.590. The zero-order chi connectivity index (χ0) is 22.3. The maximum absolute atomic E-state index is 13.4. The van der Waals surface area contributed by atoms with Crippen LogP contribution in [0.25, 0.3) is 0 Å². The Bertz CT molecular complexity index is 1000. The number of halogens is 2. The molecule has 0 bridgehead atoms. The van der Waals surface area contributed by atoms with Gasteiger partial charge in [0.15, 0.2) is 11.5 Å². The van der Waals surface area contributed by atoms with E-state index in [1.54, 1.807) is 19.2 Å². The highest BCUT2D eigenvalue weighted by Crippen LogP contribution is 2.27. The van der Waals surface area contributed by atoms with E-state index in [9.17, 15) is 17.6 Å². The number of rotatable bonds is 10. The molecule has 0 aliphatic carbocycles. The standard InChI is InChI=1S/C20H24ClFN2O5S/c1-28-18-9-6-14(11-19(18)29-2)13-23-20(25)5-4-10-24(30(3,26)27)15-7-8-17(22)16(21)12-15/h6-9,11-12H,4-5,10,13H2,1-3H3,(H,23,25). The molecule has 0 saturated carbocycles. The molecule has 1 N–H and O–H groups in total.